The Hall–Kier alpha value is -1.57. The highest BCUT2D eigenvalue weighted by molar-refractivity contribution is 6.02. The highest BCUT2D eigenvalue weighted by Gasteiger charge is 2.35. The van der Waals surface area contributed by atoms with E-state index < -0.39 is 0 Å². The molecule has 0 fully saturated rings. The van der Waals surface area contributed by atoms with Crippen LogP contribution in [0.5, 0.6) is 5.75 Å². The fraction of sp³-hybridized carbons (Fsp3) is 0.438. The molecular weight excluding hydrogens is 224 g/mol. The van der Waals surface area contributed by atoms with Gasteiger partial charge in [-0.1, -0.05) is 19.9 Å². The van der Waals surface area contributed by atoms with Crippen LogP contribution in [0.1, 0.15) is 41.8 Å². The number of methoxy groups -OCH3 is 1. The summed E-state index contributed by atoms with van der Waals surface area (Å²) >= 11 is 0. The van der Waals surface area contributed by atoms with Crippen LogP contribution >= 0.6 is 0 Å². The molecule has 0 N–H and O–H groups in total. The van der Waals surface area contributed by atoms with Gasteiger partial charge >= 0.3 is 0 Å². The molecule has 0 atom stereocenters. The van der Waals surface area contributed by atoms with Gasteiger partial charge in [0.15, 0.2) is 5.78 Å². The van der Waals surface area contributed by atoms with Crippen molar-refractivity contribution in [2.24, 2.45) is 5.41 Å². The zero-order valence-electron chi connectivity index (χ0n) is 11.4. The van der Waals surface area contributed by atoms with E-state index in [4.69, 9.17) is 4.74 Å². The third-order valence-electron chi connectivity index (χ3n) is 3.82. The zero-order valence-corrected chi connectivity index (χ0v) is 11.4. The topological polar surface area (TPSA) is 26.3 Å². The monoisotopic (exact) mass is 244 g/mol. The third kappa shape index (κ3) is 1.96. The molecular formula is C16H20O2. The van der Waals surface area contributed by atoms with Gasteiger partial charge in [0.2, 0.25) is 0 Å². The molecule has 96 valence electrons. The summed E-state index contributed by atoms with van der Waals surface area (Å²) < 4.78 is 5.39. The molecule has 18 heavy (non-hydrogen) atoms. The van der Waals surface area contributed by atoms with E-state index in [0.29, 0.717) is 0 Å². The van der Waals surface area contributed by atoms with Gasteiger partial charge in [-0.3, -0.25) is 4.79 Å². The van der Waals surface area contributed by atoms with Crippen molar-refractivity contribution in [1.82, 2.24) is 0 Å². The lowest BCUT2D eigenvalue weighted by molar-refractivity contribution is 0.0810. The van der Waals surface area contributed by atoms with Crippen molar-refractivity contribution in [1.29, 1.82) is 0 Å². The van der Waals surface area contributed by atoms with Crippen molar-refractivity contribution in [3.05, 3.63) is 41.5 Å². The summed E-state index contributed by atoms with van der Waals surface area (Å²) in [5, 5.41) is 0. The van der Waals surface area contributed by atoms with Crippen LogP contribution in [0.2, 0.25) is 0 Å². The molecule has 1 aromatic carbocycles. The molecule has 0 spiro atoms. The number of ketones is 1. The van der Waals surface area contributed by atoms with Gasteiger partial charge in [0, 0.05) is 16.5 Å². The molecule has 2 rings (SSSR count). The Morgan fingerprint density at radius 2 is 2.17 bits per heavy atom. The van der Waals surface area contributed by atoms with Gasteiger partial charge in [-0.25, -0.2) is 0 Å². The van der Waals surface area contributed by atoms with Crippen LogP contribution in [0.4, 0.5) is 0 Å². The second-order valence-electron chi connectivity index (χ2n) is 5.48. The van der Waals surface area contributed by atoms with Gasteiger partial charge in [0.1, 0.15) is 5.75 Å². The van der Waals surface area contributed by atoms with E-state index in [0.717, 1.165) is 41.7 Å². The van der Waals surface area contributed by atoms with Gasteiger partial charge in [0.25, 0.3) is 0 Å². The second-order valence-corrected chi connectivity index (χ2v) is 5.48. The van der Waals surface area contributed by atoms with E-state index in [1.165, 1.54) is 0 Å². The largest absolute Gasteiger partial charge is 0.496 e. The number of allylic oxidation sites excluding steroid dienone is 1. The average Bonchev–Trinajstić information content (AvgIpc) is 2.35. The van der Waals surface area contributed by atoms with E-state index in [1.807, 2.05) is 32.1 Å². The first-order valence-electron chi connectivity index (χ1n) is 6.35. The average molecular weight is 244 g/mol. The summed E-state index contributed by atoms with van der Waals surface area (Å²) in [4.78, 5) is 12.4. The summed E-state index contributed by atoms with van der Waals surface area (Å²) in [7, 11) is 1.67. The summed E-state index contributed by atoms with van der Waals surface area (Å²) in [5.74, 6) is 1.11. The van der Waals surface area contributed by atoms with Crippen LogP contribution < -0.4 is 4.74 Å². The number of benzene rings is 1. The molecule has 0 unspecified atom stereocenters. The molecule has 0 bridgehead atoms. The second kappa shape index (κ2) is 4.60. The molecule has 0 aromatic heterocycles. The number of hydrogen-bond donors (Lipinski definition) is 0. The minimum atomic E-state index is -0.243. The van der Waals surface area contributed by atoms with E-state index >= 15 is 0 Å². The van der Waals surface area contributed by atoms with Gasteiger partial charge in [-0.05, 0) is 37.0 Å². The highest BCUT2D eigenvalue weighted by atomic mass is 16.5. The number of carbonyl (C=O) groups excluding carboxylic acids is 1. The normalized spacial score (nSPS) is 17.2. The van der Waals surface area contributed by atoms with Crippen molar-refractivity contribution in [2.45, 2.75) is 33.1 Å². The molecule has 1 aliphatic rings. The third-order valence-corrected chi connectivity index (χ3v) is 3.82. The number of rotatable bonds is 3. The molecule has 0 saturated carbocycles. The molecule has 0 amide bonds. The SMILES string of the molecule is C=CCc1c(OC)ccc2c1CCC(C)(C)C2=O. The number of fused-ring (bicyclic) bond motifs is 1. The number of hydrogen-bond acceptors (Lipinski definition) is 2. The molecule has 1 aromatic rings. The first-order valence-corrected chi connectivity index (χ1v) is 6.35. The Morgan fingerprint density at radius 1 is 1.44 bits per heavy atom. The van der Waals surface area contributed by atoms with Gasteiger partial charge in [0.05, 0.1) is 7.11 Å². The van der Waals surface area contributed by atoms with E-state index in [9.17, 15) is 4.79 Å². The van der Waals surface area contributed by atoms with Crippen molar-refractivity contribution in [2.75, 3.05) is 7.11 Å². The van der Waals surface area contributed by atoms with Crippen molar-refractivity contribution in [3.8, 4) is 5.75 Å². The maximum Gasteiger partial charge on any atom is 0.168 e. The van der Waals surface area contributed by atoms with Crippen LogP contribution in [0.3, 0.4) is 0 Å². The predicted octanol–water partition coefficient (Wildman–Crippen LogP) is 3.58. The molecule has 0 heterocycles. The minimum absolute atomic E-state index is 0.243. The predicted molar refractivity (Wildman–Crippen MR) is 73.3 cm³/mol. The highest BCUT2D eigenvalue weighted by Crippen LogP contribution is 2.38. The smallest absolute Gasteiger partial charge is 0.168 e. The van der Waals surface area contributed by atoms with Crippen LogP contribution in [0, 0.1) is 5.41 Å². The lowest BCUT2D eigenvalue weighted by Gasteiger charge is -2.31. The maximum atomic E-state index is 12.4. The molecule has 2 heteroatoms. The minimum Gasteiger partial charge on any atom is -0.496 e. The van der Waals surface area contributed by atoms with Crippen LogP contribution in [0.15, 0.2) is 24.8 Å². The lowest BCUT2D eigenvalue weighted by atomic mass is 9.72. The Labute approximate surface area is 109 Å². The number of Topliss-reactive ketones (excluding diaryl/α,β-unsaturated/α-hetero) is 1. The Morgan fingerprint density at radius 3 is 2.78 bits per heavy atom. The van der Waals surface area contributed by atoms with Crippen LogP contribution in [0.25, 0.3) is 0 Å². The van der Waals surface area contributed by atoms with E-state index in [-0.39, 0.29) is 11.2 Å². The fourth-order valence-corrected chi connectivity index (χ4v) is 2.64. The Balaban J connectivity index is 2.58. The molecule has 2 nitrogen and oxygen atoms in total. The maximum absolute atomic E-state index is 12.4. The molecule has 1 aliphatic carbocycles. The molecule has 0 aliphatic heterocycles. The number of carbonyl (C=O) groups is 1. The summed E-state index contributed by atoms with van der Waals surface area (Å²) in [6, 6.07) is 3.81. The van der Waals surface area contributed by atoms with Gasteiger partial charge in [-0.15, -0.1) is 6.58 Å². The quantitative estimate of drug-likeness (QED) is 0.760. The van der Waals surface area contributed by atoms with Crippen molar-refractivity contribution < 1.29 is 9.53 Å². The van der Waals surface area contributed by atoms with Crippen LogP contribution in [-0.2, 0) is 12.8 Å². The first kappa shape index (κ1) is 12.9. The standard InChI is InChI=1S/C16H20O2/c1-5-6-12-11-9-10-16(2,3)15(17)13(11)7-8-14(12)18-4/h5,7-8H,1,6,9-10H2,2-4H3. The molecule has 0 radical (unpaired) electrons. The van der Waals surface area contributed by atoms with Crippen LogP contribution in [-0.4, -0.2) is 12.9 Å². The summed E-state index contributed by atoms with van der Waals surface area (Å²) in [5.41, 5.74) is 2.89. The summed E-state index contributed by atoms with van der Waals surface area (Å²) in [6.07, 6.45) is 4.45. The lowest BCUT2D eigenvalue weighted by Crippen LogP contribution is -2.31. The van der Waals surface area contributed by atoms with E-state index in [1.54, 1.807) is 7.11 Å². The van der Waals surface area contributed by atoms with Gasteiger partial charge < -0.3 is 4.74 Å². The van der Waals surface area contributed by atoms with Gasteiger partial charge in [-0.2, -0.15) is 0 Å². The van der Waals surface area contributed by atoms with Crippen molar-refractivity contribution >= 4 is 5.78 Å². The first-order chi connectivity index (χ1) is 8.51. The Kier molecular flexibility index (Phi) is 3.29. The fourth-order valence-electron chi connectivity index (χ4n) is 2.64. The van der Waals surface area contributed by atoms with Crippen molar-refractivity contribution in [3.63, 3.8) is 0 Å². The summed E-state index contributed by atoms with van der Waals surface area (Å²) in [6.45, 7) is 7.83. The van der Waals surface area contributed by atoms with E-state index in [2.05, 4.69) is 6.58 Å². The molecule has 0 saturated heterocycles. The Bertz CT molecular complexity index is 498. The zero-order chi connectivity index (χ0) is 13.3. The number of ether oxygens (including phenoxy) is 1.